The molecule has 1 aromatic carbocycles. The Kier molecular flexibility index (Phi) is 6.78. The average Bonchev–Trinajstić information content (AvgIpc) is 2.35. The van der Waals surface area contributed by atoms with E-state index in [0.29, 0.717) is 6.54 Å². The highest BCUT2D eigenvalue weighted by Gasteiger charge is 2.11. The maximum absolute atomic E-state index is 5.85. The number of nitrogens with two attached hydrogens (primary N) is 1. The van der Waals surface area contributed by atoms with Crippen LogP contribution in [0.2, 0.25) is 0 Å². The van der Waals surface area contributed by atoms with Crippen molar-refractivity contribution in [3.63, 3.8) is 0 Å². The van der Waals surface area contributed by atoms with Crippen molar-refractivity contribution in [2.45, 2.75) is 32.7 Å². The Morgan fingerprint density at radius 1 is 1.29 bits per heavy atom. The number of benzene rings is 1. The molecule has 0 radical (unpaired) electrons. The molecule has 0 saturated heterocycles. The van der Waals surface area contributed by atoms with Crippen molar-refractivity contribution in [3.05, 3.63) is 34.3 Å². The summed E-state index contributed by atoms with van der Waals surface area (Å²) in [6, 6.07) is 8.62. The lowest BCUT2D eigenvalue weighted by atomic mass is 10.0. The molecule has 0 bridgehead atoms. The van der Waals surface area contributed by atoms with Gasteiger partial charge in [-0.1, -0.05) is 54.8 Å². The van der Waals surface area contributed by atoms with Crippen molar-refractivity contribution in [2.75, 3.05) is 13.1 Å². The molecule has 0 aliphatic heterocycles. The van der Waals surface area contributed by atoms with Crippen LogP contribution in [0.1, 0.15) is 38.3 Å². The average molecular weight is 299 g/mol. The fraction of sp³-hybridized carbons (Fsp3) is 0.571. The van der Waals surface area contributed by atoms with Crippen LogP contribution in [-0.4, -0.2) is 13.1 Å². The van der Waals surface area contributed by atoms with E-state index in [-0.39, 0.29) is 6.04 Å². The second-order valence-corrected chi connectivity index (χ2v) is 5.35. The molecule has 3 N–H and O–H groups in total. The van der Waals surface area contributed by atoms with E-state index in [2.05, 4.69) is 53.3 Å². The summed E-state index contributed by atoms with van der Waals surface area (Å²) in [5.41, 5.74) is 7.10. The zero-order valence-corrected chi connectivity index (χ0v) is 12.3. The van der Waals surface area contributed by atoms with E-state index in [1.165, 1.54) is 18.4 Å². The van der Waals surface area contributed by atoms with Crippen molar-refractivity contribution in [1.29, 1.82) is 0 Å². The Morgan fingerprint density at radius 2 is 2.00 bits per heavy atom. The topological polar surface area (TPSA) is 38.0 Å². The quantitative estimate of drug-likeness (QED) is 0.809. The van der Waals surface area contributed by atoms with Gasteiger partial charge in [-0.3, -0.25) is 0 Å². The van der Waals surface area contributed by atoms with Gasteiger partial charge < -0.3 is 11.1 Å². The first kappa shape index (κ1) is 14.7. The standard InChI is InChI=1S/C14H23BrN2/c1-3-11(4-2)10-17-14(9-16)12-6-5-7-13(15)8-12/h5-8,11,14,17H,3-4,9-10,16H2,1-2H3. The molecule has 1 unspecified atom stereocenters. The zero-order chi connectivity index (χ0) is 12.7. The molecule has 2 nitrogen and oxygen atoms in total. The molecule has 0 aromatic heterocycles. The van der Waals surface area contributed by atoms with Crippen LogP contribution in [-0.2, 0) is 0 Å². The number of hydrogen-bond donors (Lipinski definition) is 2. The number of rotatable bonds is 7. The van der Waals surface area contributed by atoms with E-state index in [9.17, 15) is 0 Å². The summed E-state index contributed by atoms with van der Waals surface area (Å²) in [6.07, 6.45) is 2.44. The van der Waals surface area contributed by atoms with E-state index in [0.717, 1.165) is 16.9 Å². The fourth-order valence-corrected chi connectivity index (χ4v) is 2.36. The van der Waals surface area contributed by atoms with Crippen LogP contribution in [0.4, 0.5) is 0 Å². The van der Waals surface area contributed by atoms with Crippen molar-refractivity contribution < 1.29 is 0 Å². The van der Waals surface area contributed by atoms with Gasteiger partial charge in [-0.05, 0) is 30.2 Å². The maximum Gasteiger partial charge on any atom is 0.0445 e. The predicted octanol–water partition coefficient (Wildman–Crippen LogP) is 3.47. The van der Waals surface area contributed by atoms with Crippen LogP contribution in [0.5, 0.6) is 0 Å². The normalized spacial score (nSPS) is 13.0. The Bertz CT molecular complexity index is 324. The Labute approximate surface area is 113 Å². The lowest BCUT2D eigenvalue weighted by molar-refractivity contribution is 0.414. The molecule has 17 heavy (non-hydrogen) atoms. The number of halogens is 1. The van der Waals surface area contributed by atoms with Crippen LogP contribution >= 0.6 is 15.9 Å². The van der Waals surface area contributed by atoms with E-state index in [1.807, 2.05) is 6.07 Å². The predicted molar refractivity (Wildman–Crippen MR) is 78.0 cm³/mol. The van der Waals surface area contributed by atoms with Gasteiger partial charge in [0.25, 0.3) is 0 Å². The van der Waals surface area contributed by atoms with Crippen molar-refractivity contribution in [3.8, 4) is 0 Å². The molecule has 96 valence electrons. The van der Waals surface area contributed by atoms with Gasteiger partial charge in [0.05, 0.1) is 0 Å². The van der Waals surface area contributed by atoms with Crippen molar-refractivity contribution >= 4 is 15.9 Å². The first-order valence-electron chi connectivity index (χ1n) is 6.40. The largest absolute Gasteiger partial charge is 0.329 e. The first-order valence-corrected chi connectivity index (χ1v) is 7.19. The molecule has 3 heteroatoms. The highest BCUT2D eigenvalue weighted by atomic mass is 79.9. The van der Waals surface area contributed by atoms with Crippen LogP contribution in [0, 0.1) is 5.92 Å². The SMILES string of the molecule is CCC(CC)CNC(CN)c1cccc(Br)c1. The number of hydrogen-bond acceptors (Lipinski definition) is 2. The van der Waals surface area contributed by atoms with Gasteiger partial charge in [0.1, 0.15) is 0 Å². The monoisotopic (exact) mass is 298 g/mol. The summed E-state index contributed by atoms with van der Waals surface area (Å²) in [4.78, 5) is 0. The van der Waals surface area contributed by atoms with E-state index in [1.54, 1.807) is 0 Å². The van der Waals surface area contributed by atoms with Crippen LogP contribution in [0.25, 0.3) is 0 Å². The third kappa shape index (κ3) is 4.78. The van der Waals surface area contributed by atoms with Gasteiger partial charge in [-0.15, -0.1) is 0 Å². The third-order valence-electron chi connectivity index (χ3n) is 3.29. The van der Waals surface area contributed by atoms with Gasteiger partial charge in [-0.25, -0.2) is 0 Å². The fourth-order valence-electron chi connectivity index (χ4n) is 1.95. The van der Waals surface area contributed by atoms with Crippen LogP contribution in [0.15, 0.2) is 28.7 Å². The lowest BCUT2D eigenvalue weighted by Crippen LogP contribution is -2.32. The van der Waals surface area contributed by atoms with E-state index < -0.39 is 0 Å². The molecule has 0 aliphatic rings. The molecule has 1 rings (SSSR count). The summed E-state index contributed by atoms with van der Waals surface area (Å²) in [6.45, 7) is 6.16. The highest BCUT2D eigenvalue weighted by molar-refractivity contribution is 9.10. The molecule has 0 aliphatic carbocycles. The highest BCUT2D eigenvalue weighted by Crippen LogP contribution is 2.18. The minimum Gasteiger partial charge on any atom is -0.329 e. The lowest BCUT2D eigenvalue weighted by Gasteiger charge is -2.21. The Balaban J connectivity index is 2.59. The molecular weight excluding hydrogens is 276 g/mol. The second kappa shape index (κ2) is 7.85. The van der Waals surface area contributed by atoms with Crippen molar-refractivity contribution in [2.24, 2.45) is 11.7 Å². The van der Waals surface area contributed by atoms with Gasteiger partial charge in [0, 0.05) is 17.1 Å². The summed E-state index contributed by atoms with van der Waals surface area (Å²) < 4.78 is 1.11. The van der Waals surface area contributed by atoms with Gasteiger partial charge in [0.15, 0.2) is 0 Å². The Hall–Kier alpha value is -0.380. The van der Waals surface area contributed by atoms with Crippen LogP contribution < -0.4 is 11.1 Å². The molecule has 0 spiro atoms. The van der Waals surface area contributed by atoms with Crippen LogP contribution in [0.3, 0.4) is 0 Å². The van der Waals surface area contributed by atoms with Gasteiger partial charge in [-0.2, -0.15) is 0 Å². The molecule has 0 saturated carbocycles. The minimum absolute atomic E-state index is 0.257. The maximum atomic E-state index is 5.85. The van der Waals surface area contributed by atoms with Crippen molar-refractivity contribution in [1.82, 2.24) is 5.32 Å². The Morgan fingerprint density at radius 3 is 2.53 bits per heavy atom. The van der Waals surface area contributed by atoms with Gasteiger partial charge in [0.2, 0.25) is 0 Å². The summed E-state index contributed by atoms with van der Waals surface area (Å²) in [5.74, 6) is 0.746. The summed E-state index contributed by atoms with van der Waals surface area (Å²) in [5, 5.41) is 3.57. The summed E-state index contributed by atoms with van der Waals surface area (Å²) >= 11 is 3.50. The van der Waals surface area contributed by atoms with E-state index in [4.69, 9.17) is 5.73 Å². The third-order valence-corrected chi connectivity index (χ3v) is 3.79. The molecule has 0 fully saturated rings. The molecule has 0 amide bonds. The number of nitrogens with one attached hydrogen (secondary N) is 1. The second-order valence-electron chi connectivity index (χ2n) is 4.43. The zero-order valence-electron chi connectivity index (χ0n) is 10.7. The molecule has 0 heterocycles. The van der Waals surface area contributed by atoms with Gasteiger partial charge >= 0.3 is 0 Å². The summed E-state index contributed by atoms with van der Waals surface area (Å²) in [7, 11) is 0. The molecular formula is C14H23BrN2. The molecule has 1 atom stereocenters. The molecule has 1 aromatic rings. The van der Waals surface area contributed by atoms with E-state index >= 15 is 0 Å². The smallest absolute Gasteiger partial charge is 0.0445 e. The minimum atomic E-state index is 0.257. The first-order chi connectivity index (χ1) is 8.21.